The molecule has 0 bridgehead atoms. The van der Waals surface area contributed by atoms with Crippen LogP contribution in [-0.4, -0.2) is 34.5 Å². The van der Waals surface area contributed by atoms with Gasteiger partial charge in [0.2, 0.25) is 0 Å². The smallest absolute Gasteiger partial charge is 0.175 e. The molecule has 0 aliphatic heterocycles. The van der Waals surface area contributed by atoms with Crippen molar-refractivity contribution in [1.82, 2.24) is 10.2 Å². The van der Waals surface area contributed by atoms with Crippen LogP contribution in [0.3, 0.4) is 0 Å². The number of rotatable bonds is 5. The summed E-state index contributed by atoms with van der Waals surface area (Å²) in [6, 6.07) is 1.94. The van der Waals surface area contributed by atoms with E-state index in [0.717, 1.165) is 5.69 Å². The highest BCUT2D eigenvalue weighted by molar-refractivity contribution is 6.33. The van der Waals surface area contributed by atoms with Crippen molar-refractivity contribution in [2.24, 2.45) is 0 Å². The minimum absolute atomic E-state index is 0.146. The fourth-order valence-corrected chi connectivity index (χ4v) is 1.79. The quantitative estimate of drug-likeness (QED) is 0.887. The first kappa shape index (κ1) is 13.5. The lowest BCUT2D eigenvalue weighted by Gasteiger charge is -2.29. The average Bonchev–Trinajstić information content (AvgIpc) is 2.23. The Morgan fingerprint density at radius 1 is 1.38 bits per heavy atom. The van der Waals surface area contributed by atoms with Crippen LogP contribution in [0.25, 0.3) is 0 Å². The Hall–Kier alpha value is -0.580. The Labute approximate surface area is 105 Å². The topological polar surface area (TPSA) is 49.2 Å². The second-order valence-corrected chi connectivity index (χ2v) is 4.45. The summed E-state index contributed by atoms with van der Waals surface area (Å²) >= 11 is 11.8. The zero-order chi connectivity index (χ0) is 12.1. The van der Waals surface area contributed by atoms with Gasteiger partial charge in [0, 0.05) is 25.3 Å². The summed E-state index contributed by atoms with van der Waals surface area (Å²) in [5.74, 6) is 0. The lowest BCUT2D eigenvalue weighted by molar-refractivity contribution is 0.288. The summed E-state index contributed by atoms with van der Waals surface area (Å²) in [6.07, 6.45) is 0.675. The number of anilines is 1. The Morgan fingerprint density at radius 3 is 2.62 bits per heavy atom. The molecular weight excluding hydrogens is 249 g/mol. The molecule has 1 rings (SSSR count). The van der Waals surface area contributed by atoms with Gasteiger partial charge in [-0.05, 0) is 20.3 Å². The van der Waals surface area contributed by atoms with Crippen molar-refractivity contribution in [3.63, 3.8) is 0 Å². The molecule has 0 unspecified atom stereocenters. The van der Waals surface area contributed by atoms with Crippen molar-refractivity contribution in [1.29, 1.82) is 0 Å². The van der Waals surface area contributed by atoms with Crippen molar-refractivity contribution < 1.29 is 5.11 Å². The number of aliphatic hydroxyl groups is 1. The van der Waals surface area contributed by atoms with Crippen LogP contribution < -0.4 is 4.90 Å². The molecule has 0 aromatic carbocycles. The molecular formula is C10H15Cl2N3O. The molecule has 0 aliphatic rings. The fourth-order valence-electron chi connectivity index (χ4n) is 1.44. The molecule has 1 heterocycles. The van der Waals surface area contributed by atoms with Gasteiger partial charge in [0.15, 0.2) is 10.3 Å². The van der Waals surface area contributed by atoms with Gasteiger partial charge in [-0.1, -0.05) is 23.2 Å². The van der Waals surface area contributed by atoms with Gasteiger partial charge in [-0.15, -0.1) is 10.2 Å². The van der Waals surface area contributed by atoms with E-state index in [-0.39, 0.29) is 12.6 Å². The first-order valence-corrected chi connectivity index (χ1v) is 5.88. The summed E-state index contributed by atoms with van der Waals surface area (Å²) in [5.41, 5.74) is 0.755. The normalized spacial score (nSPS) is 10.9. The SMILES string of the molecule is CC(C)N(CCCO)c1cc(Cl)nnc1Cl. The van der Waals surface area contributed by atoms with Crippen LogP contribution in [0.15, 0.2) is 6.07 Å². The average molecular weight is 264 g/mol. The van der Waals surface area contributed by atoms with Crippen LogP contribution in [0, 0.1) is 0 Å². The largest absolute Gasteiger partial charge is 0.396 e. The maximum absolute atomic E-state index is 8.85. The van der Waals surface area contributed by atoms with Crippen molar-refractivity contribution in [3.8, 4) is 0 Å². The van der Waals surface area contributed by atoms with E-state index in [9.17, 15) is 0 Å². The predicted octanol–water partition coefficient (Wildman–Crippen LogP) is 2.38. The van der Waals surface area contributed by atoms with Crippen LogP contribution in [0.4, 0.5) is 5.69 Å². The summed E-state index contributed by atoms with van der Waals surface area (Å²) < 4.78 is 0. The zero-order valence-electron chi connectivity index (χ0n) is 9.32. The van der Waals surface area contributed by atoms with Crippen LogP contribution in [0.1, 0.15) is 20.3 Å². The summed E-state index contributed by atoms with van der Waals surface area (Å²) in [4.78, 5) is 2.04. The number of halogens is 2. The standard InChI is InChI=1S/C10H15Cl2N3O/c1-7(2)15(4-3-5-16)8-6-9(11)13-14-10(8)12/h6-7,16H,3-5H2,1-2H3. The number of hydrogen-bond donors (Lipinski definition) is 1. The van der Waals surface area contributed by atoms with Gasteiger partial charge < -0.3 is 10.0 Å². The molecule has 1 N–H and O–H groups in total. The maximum Gasteiger partial charge on any atom is 0.175 e. The third kappa shape index (κ3) is 3.47. The van der Waals surface area contributed by atoms with Gasteiger partial charge in [-0.2, -0.15) is 0 Å². The molecule has 0 saturated heterocycles. The minimum Gasteiger partial charge on any atom is -0.396 e. The van der Waals surface area contributed by atoms with Crippen LogP contribution >= 0.6 is 23.2 Å². The first-order valence-electron chi connectivity index (χ1n) is 5.12. The maximum atomic E-state index is 8.85. The van der Waals surface area contributed by atoms with E-state index in [1.54, 1.807) is 6.07 Å². The van der Waals surface area contributed by atoms with Gasteiger partial charge >= 0.3 is 0 Å². The third-order valence-electron chi connectivity index (χ3n) is 2.19. The van der Waals surface area contributed by atoms with E-state index in [0.29, 0.717) is 23.3 Å². The summed E-state index contributed by atoms with van der Waals surface area (Å²) in [6.45, 7) is 4.94. The van der Waals surface area contributed by atoms with E-state index in [1.807, 2.05) is 18.7 Å². The molecule has 0 spiro atoms. The third-order valence-corrected chi connectivity index (χ3v) is 2.64. The molecule has 0 radical (unpaired) electrons. The Kier molecular flexibility index (Phi) is 5.25. The van der Waals surface area contributed by atoms with Crippen LogP contribution in [0.5, 0.6) is 0 Å². The highest BCUT2D eigenvalue weighted by atomic mass is 35.5. The van der Waals surface area contributed by atoms with Gasteiger partial charge in [-0.3, -0.25) is 0 Å². The predicted molar refractivity (Wildman–Crippen MR) is 66.2 cm³/mol. The first-order chi connectivity index (χ1) is 7.56. The van der Waals surface area contributed by atoms with Crippen LogP contribution in [-0.2, 0) is 0 Å². The molecule has 1 aromatic rings. The number of aliphatic hydroxyl groups excluding tert-OH is 1. The molecule has 90 valence electrons. The molecule has 0 saturated carbocycles. The number of nitrogens with zero attached hydrogens (tertiary/aromatic N) is 3. The lowest BCUT2D eigenvalue weighted by atomic mass is 10.2. The van der Waals surface area contributed by atoms with Crippen molar-refractivity contribution >= 4 is 28.9 Å². The molecule has 16 heavy (non-hydrogen) atoms. The fraction of sp³-hybridized carbons (Fsp3) is 0.600. The monoisotopic (exact) mass is 263 g/mol. The van der Waals surface area contributed by atoms with Gasteiger partial charge in [0.25, 0.3) is 0 Å². The highest BCUT2D eigenvalue weighted by Crippen LogP contribution is 2.26. The van der Waals surface area contributed by atoms with Crippen molar-refractivity contribution in [2.45, 2.75) is 26.3 Å². The van der Waals surface area contributed by atoms with E-state index in [4.69, 9.17) is 28.3 Å². The van der Waals surface area contributed by atoms with Crippen molar-refractivity contribution in [2.75, 3.05) is 18.1 Å². The summed E-state index contributed by atoms with van der Waals surface area (Å²) in [7, 11) is 0. The molecule has 6 heteroatoms. The van der Waals surface area contributed by atoms with Gasteiger partial charge in [0.05, 0.1) is 5.69 Å². The van der Waals surface area contributed by atoms with E-state index in [1.165, 1.54) is 0 Å². The van der Waals surface area contributed by atoms with E-state index < -0.39 is 0 Å². The molecule has 0 fully saturated rings. The van der Waals surface area contributed by atoms with Gasteiger partial charge in [0.1, 0.15) is 0 Å². The van der Waals surface area contributed by atoms with Crippen LogP contribution in [0.2, 0.25) is 10.3 Å². The molecule has 0 amide bonds. The van der Waals surface area contributed by atoms with E-state index in [2.05, 4.69) is 10.2 Å². The summed E-state index contributed by atoms with van der Waals surface area (Å²) in [5, 5.41) is 16.9. The minimum atomic E-state index is 0.146. The molecule has 1 aromatic heterocycles. The lowest BCUT2D eigenvalue weighted by Crippen LogP contribution is -2.32. The molecule has 0 aliphatic carbocycles. The second-order valence-electron chi connectivity index (χ2n) is 3.71. The zero-order valence-corrected chi connectivity index (χ0v) is 10.8. The highest BCUT2D eigenvalue weighted by Gasteiger charge is 2.15. The molecule has 0 atom stereocenters. The second kappa shape index (κ2) is 6.23. The van der Waals surface area contributed by atoms with E-state index >= 15 is 0 Å². The van der Waals surface area contributed by atoms with Gasteiger partial charge in [-0.25, -0.2) is 0 Å². The van der Waals surface area contributed by atoms with Crippen molar-refractivity contribution in [3.05, 3.63) is 16.4 Å². The number of aromatic nitrogens is 2. The number of hydrogen-bond acceptors (Lipinski definition) is 4. The Balaban J connectivity index is 2.95. The Morgan fingerprint density at radius 2 is 2.06 bits per heavy atom. The Bertz CT molecular complexity index is 347. The molecule has 4 nitrogen and oxygen atoms in total.